The van der Waals surface area contributed by atoms with E-state index in [0.29, 0.717) is 5.69 Å². The maximum absolute atomic E-state index is 10.9. The molecule has 3 aromatic rings. The second kappa shape index (κ2) is 5.07. The Hall–Kier alpha value is -2.18. The van der Waals surface area contributed by atoms with Gasteiger partial charge >= 0.3 is 5.97 Å². The molecular weight excluding hydrogens is 298 g/mol. The molecule has 0 aliphatic rings. The molecule has 20 heavy (non-hydrogen) atoms. The second-order valence-corrected chi connectivity index (χ2v) is 5.37. The Morgan fingerprint density at radius 3 is 2.70 bits per heavy atom. The quantitative estimate of drug-likeness (QED) is 0.775. The van der Waals surface area contributed by atoms with Gasteiger partial charge in [0.25, 0.3) is 0 Å². The first-order chi connectivity index (χ1) is 9.66. The van der Waals surface area contributed by atoms with Crippen molar-refractivity contribution in [1.29, 1.82) is 0 Å². The number of aromatic carboxylic acids is 1. The Morgan fingerprint density at radius 2 is 2.05 bits per heavy atom. The molecule has 7 heteroatoms. The minimum Gasteiger partial charge on any atom is -0.476 e. The standard InChI is InChI=1S/C13H8ClN3O2S/c14-9-10(16-17-11(9)13(18)19)8-6-15-12(20-8)7-4-2-1-3-5-7/h1-6H,(H,16,17)(H,18,19). The number of carbonyl (C=O) groups is 1. The molecule has 2 heterocycles. The topological polar surface area (TPSA) is 78.9 Å². The largest absolute Gasteiger partial charge is 0.476 e. The molecule has 2 aromatic heterocycles. The van der Waals surface area contributed by atoms with Crippen molar-refractivity contribution in [3.8, 4) is 21.1 Å². The third kappa shape index (κ3) is 2.19. The van der Waals surface area contributed by atoms with Crippen molar-refractivity contribution in [1.82, 2.24) is 15.2 Å². The van der Waals surface area contributed by atoms with E-state index in [1.807, 2.05) is 30.3 Å². The number of halogens is 1. The third-order valence-corrected chi connectivity index (χ3v) is 4.11. The van der Waals surface area contributed by atoms with Crippen molar-refractivity contribution in [2.45, 2.75) is 0 Å². The summed E-state index contributed by atoms with van der Waals surface area (Å²) in [5, 5.41) is 16.2. The normalized spacial score (nSPS) is 10.7. The number of aromatic amines is 1. The summed E-state index contributed by atoms with van der Waals surface area (Å²) < 4.78 is 0. The van der Waals surface area contributed by atoms with Crippen molar-refractivity contribution in [3.63, 3.8) is 0 Å². The van der Waals surface area contributed by atoms with E-state index in [0.717, 1.165) is 15.4 Å². The summed E-state index contributed by atoms with van der Waals surface area (Å²) in [6.45, 7) is 0. The predicted molar refractivity (Wildman–Crippen MR) is 77.1 cm³/mol. The van der Waals surface area contributed by atoms with E-state index >= 15 is 0 Å². The average Bonchev–Trinajstić information content (AvgIpc) is 3.06. The summed E-state index contributed by atoms with van der Waals surface area (Å²) in [6.07, 6.45) is 1.65. The number of hydrogen-bond acceptors (Lipinski definition) is 4. The van der Waals surface area contributed by atoms with Gasteiger partial charge in [0, 0.05) is 11.8 Å². The smallest absolute Gasteiger partial charge is 0.357 e. The Balaban J connectivity index is 2.01. The van der Waals surface area contributed by atoms with Crippen LogP contribution in [0.1, 0.15) is 10.5 Å². The molecule has 0 fully saturated rings. The van der Waals surface area contributed by atoms with Gasteiger partial charge in [-0.05, 0) is 0 Å². The van der Waals surface area contributed by atoms with Crippen LogP contribution in [0, 0.1) is 0 Å². The lowest BCUT2D eigenvalue weighted by Gasteiger charge is -1.94. The molecule has 100 valence electrons. The monoisotopic (exact) mass is 305 g/mol. The predicted octanol–water partition coefficient (Wildman–Crippen LogP) is 3.55. The van der Waals surface area contributed by atoms with Crippen LogP contribution in [0.2, 0.25) is 5.02 Å². The van der Waals surface area contributed by atoms with Gasteiger partial charge in [0.2, 0.25) is 0 Å². The third-order valence-electron chi connectivity index (χ3n) is 2.68. The van der Waals surface area contributed by atoms with Gasteiger partial charge in [-0.1, -0.05) is 41.9 Å². The Morgan fingerprint density at radius 1 is 1.30 bits per heavy atom. The van der Waals surface area contributed by atoms with Crippen molar-refractivity contribution >= 4 is 28.9 Å². The van der Waals surface area contributed by atoms with Gasteiger partial charge in [0.05, 0.1) is 10.6 Å². The summed E-state index contributed by atoms with van der Waals surface area (Å²) in [5.41, 5.74) is 1.29. The lowest BCUT2D eigenvalue weighted by molar-refractivity contribution is 0.0690. The number of rotatable bonds is 3. The van der Waals surface area contributed by atoms with Crippen molar-refractivity contribution in [2.75, 3.05) is 0 Å². The van der Waals surface area contributed by atoms with Crippen LogP contribution in [0.15, 0.2) is 36.5 Å². The molecule has 0 spiro atoms. The van der Waals surface area contributed by atoms with Crippen LogP contribution in [0.4, 0.5) is 0 Å². The molecule has 2 N–H and O–H groups in total. The molecule has 1 aromatic carbocycles. The van der Waals surface area contributed by atoms with Gasteiger partial charge in [-0.15, -0.1) is 11.3 Å². The van der Waals surface area contributed by atoms with Crippen LogP contribution in [-0.2, 0) is 0 Å². The van der Waals surface area contributed by atoms with Crippen LogP contribution in [0.5, 0.6) is 0 Å². The van der Waals surface area contributed by atoms with Crippen LogP contribution in [0.3, 0.4) is 0 Å². The first-order valence-electron chi connectivity index (χ1n) is 5.65. The van der Waals surface area contributed by atoms with E-state index in [4.69, 9.17) is 16.7 Å². The molecule has 0 saturated carbocycles. The highest BCUT2D eigenvalue weighted by Crippen LogP contribution is 2.35. The minimum atomic E-state index is -1.16. The fourth-order valence-electron chi connectivity index (χ4n) is 1.74. The molecule has 0 aliphatic carbocycles. The van der Waals surface area contributed by atoms with Crippen LogP contribution in [0.25, 0.3) is 21.1 Å². The molecule has 0 amide bonds. The second-order valence-electron chi connectivity index (χ2n) is 3.96. The number of nitrogens with zero attached hydrogens (tertiary/aromatic N) is 2. The van der Waals surface area contributed by atoms with Gasteiger partial charge in [-0.2, -0.15) is 5.10 Å². The summed E-state index contributed by atoms with van der Waals surface area (Å²) in [6, 6.07) is 9.72. The highest BCUT2D eigenvalue weighted by atomic mass is 35.5. The van der Waals surface area contributed by atoms with Gasteiger partial charge in [-0.3, -0.25) is 5.10 Å². The molecule has 0 saturated heterocycles. The number of H-pyrrole nitrogens is 1. The van der Waals surface area contributed by atoms with Gasteiger partial charge in [-0.25, -0.2) is 9.78 Å². The highest BCUT2D eigenvalue weighted by Gasteiger charge is 2.19. The summed E-state index contributed by atoms with van der Waals surface area (Å²) in [5.74, 6) is -1.16. The maximum atomic E-state index is 10.9. The molecule has 0 aliphatic heterocycles. The van der Waals surface area contributed by atoms with Gasteiger partial charge < -0.3 is 5.11 Å². The van der Waals surface area contributed by atoms with Crippen LogP contribution >= 0.6 is 22.9 Å². The highest BCUT2D eigenvalue weighted by molar-refractivity contribution is 7.18. The van der Waals surface area contributed by atoms with E-state index in [1.54, 1.807) is 6.20 Å². The molecule has 0 radical (unpaired) electrons. The fourth-order valence-corrected chi connectivity index (χ4v) is 2.98. The van der Waals surface area contributed by atoms with Gasteiger partial charge in [0.15, 0.2) is 5.69 Å². The zero-order chi connectivity index (χ0) is 14.1. The number of benzene rings is 1. The van der Waals surface area contributed by atoms with Gasteiger partial charge in [0.1, 0.15) is 10.0 Å². The van der Waals surface area contributed by atoms with Crippen molar-refractivity contribution in [2.24, 2.45) is 0 Å². The number of carboxylic acid groups (broad SMARTS) is 1. The Bertz CT molecular complexity index is 767. The number of hydrogen-bond donors (Lipinski definition) is 2. The maximum Gasteiger partial charge on any atom is 0.357 e. The zero-order valence-electron chi connectivity index (χ0n) is 10.0. The lowest BCUT2D eigenvalue weighted by atomic mass is 10.2. The van der Waals surface area contributed by atoms with E-state index in [2.05, 4.69) is 15.2 Å². The van der Waals surface area contributed by atoms with Crippen LogP contribution < -0.4 is 0 Å². The van der Waals surface area contributed by atoms with E-state index in [1.165, 1.54) is 11.3 Å². The number of aromatic nitrogens is 3. The van der Waals surface area contributed by atoms with E-state index in [9.17, 15) is 4.79 Å². The molecule has 0 bridgehead atoms. The molecule has 5 nitrogen and oxygen atoms in total. The van der Waals surface area contributed by atoms with Crippen molar-refractivity contribution < 1.29 is 9.90 Å². The average molecular weight is 306 g/mol. The molecule has 0 atom stereocenters. The van der Waals surface area contributed by atoms with Crippen molar-refractivity contribution in [3.05, 3.63) is 47.2 Å². The number of carboxylic acids is 1. The molecular formula is C13H8ClN3O2S. The summed E-state index contributed by atoms with van der Waals surface area (Å²) >= 11 is 7.43. The molecule has 3 rings (SSSR count). The zero-order valence-corrected chi connectivity index (χ0v) is 11.6. The number of thiazole rings is 1. The SMILES string of the molecule is O=C(O)c1n[nH]c(-c2cnc(-c3ccccc3)s2)c1Cl. The Kier molecular flexibility index (Phi) is 3.25. The summed E-state index contributed by atoms with van der Waals surface area (Å²) in [7, 11) is 0. The fraction of sp³-hybridized carbons (Fsp3) is 0. The first kappa shape index (κ1) is 12.8. The molecule has 0 unspecified atom stereocenters. The van der Waals surface area contributed by atoms with E-state index in [-0.39, 0.29) is 10.7 Å². The summed E-state index contributed by atoms with van der Waals surface area (Å²) in [4.78, 5) is 16.0. The Labute approximate surface area is 122 Å². The van der Waals surface area contributed by atoms with E-state index < -0.39 is 5.97 Å². The minimum absolute atomic E-state index is 0.0979. The number of nitrogens with one attached hydrogen (secondary N) is 1. The lowest BCUT2D eigenvalue weighted by Crippen LogP contribution is -1.96. The first-order valence-corrected chi connectivity index (χ1v) is 6.85. The van der Waals surface area contributed by atoms with Crippen LogP contribution in [-0.4, -0.2) is 26.3 Å².